The molecule has 202 valence electrons. The van der Waals surface area contributed by atoms with Crippen molar-refractivity contribution in [3.63, 3.8) is 0 Å². The highest BCUT2D eigenvalue weighted by molar-refractivity contribution is 6.07. The molecule has 0 saturated heterocycles. The Morgan fingerprint density at radius 1 is 0.872 bits per heavy atom. The first-order valence-electron chi connectivity index (χ1n) is 12.6. The van der Waals surface area contributed by atoms with Crippen LogP contribution in [-0.4, -0.2) is 50.4 Å². The third-order valence-corrected chi connectivity index (χ3v) is 6.46. The van der Waals surface area contributed by atoms with Gasteiger partial charge in [0.1, 0.15) is 11.6 Å². The standard InChI is InChI=1S/C30H33N5O4/c1-31-25-10-6-5-9-24(25)29(36)33-27-18-22(34-35-27)13-12-19-14-20(17-23(16-19)38-3)15-21-8-7-11-26(32-2)28(21)30(37)39-4/h5-11,14,16-18,31-32H,12-13,15H2,1-4H3,(H2,33,34,35,36). The van der Waals surface area contributed by atoms with Crippen LogP contribution in [0.1, 0.15) is 43.1 Å². The highest BCUT2D eigenvalue weighted by atomic mass is 16.5. The molecule has 0 unspecified atom stereocenters. The molecule has 1 heterocycles. The van der Waals surface area contributed by atoms with Gasteiger partial charge in [-0.05, 0) is 66.3 Å². The molecule has 39 heavy (non-hydrogen) atoms. The molecule has 0 radical (unpaired) electrons. The van der Waals surface area contributed by atoms with Crippen molar-refractivity contribution in [3.05, 3.63) is 100 Å². The molecule has 0 fully saturated rings. The minimum Gasteiger partial charge on any atom is -0.497 e. The maximum absolute atomic E-state index is 12.7. The van der Waals surface area contributed by atoms with Gasteiger partial charge in [0.05, 0.1) is 31.0 Å². The number of hydrogen-bond acceptors (Lipinski definition) is 7. The number of esters is 1. The molecule has 4 aromatic rings. The summed E-state index contributed by atoms with van der Waals surface area (Å²) in [4.78, 5) is 25.2. The van der Waals surface area contributed by atoms with Gasteiger partial charge in [0.25, 0.3) is 5.91 Å². The van der Waals surface area contributed by atoms with Gasteiger partial charge in [0.2, 0.25) is 0 Å². The van der Waals surface area contributed by atoms with Crippen LogP contribution in [-0.2, 0) is 24.0 Å². The molecule has 1 aromatic heterocycles. The number of aromatic amines is 1. The number of para-hydroxylation sites is 1. The minimum atomic E-state index is -0.381. The Bertz CT molecular complexity index is 1460. The molecule has 4 N–H and O–H groups in total. The van der Waals surface area contributed by atoms with E-state index >= 15 is 0 Å². The molecule has 0 spiro atoms. The lowest BCUT2D eigenvalue weighted by atomic mass is 9.96. The third-order valence-electron chi connectivity index (χ3n) is 6.46. The molecule has 0 aliphatic heterocycles. The van der Waals surface area contributed by atoms with E-state index in [-0.39, 0.29) is 11.9 Å². The number of carbonyl (C=O) groups excluding carboxylic acids is 2. The average molecular weight is 528 g/mol. The fraction of sp³-hybridized carbons (Fsp3) is 0.233. The minimum absolute atomic E-state index is 0.221. The summed E-state index contributed by atoms with van der Waals surface area (Å²) in [6.07, 6.45) is 1.91. The van der Waals surface area contributed by atoms with Crippen molar-refractivity contribution in [2.75, 3.05) is 44.3 Å². The Kier molecular flexibility index (Phi) is 8.83. The van der Waals surface area contributed by atoms with Gasteiger partial charge in [-0.1, -0.05) is 30.3 Å². The number of aromatic nitrogens is 2. The van der Waals surface area contributed by atoms with Gasteiger partial charge in [0.15, 0.2) is 0 Å². The molecule has 9 heteroatoms. The molecule has 0 bridgehead atoms. The summed E-state index contributed by atoms with van der Waals surface area (Å²) in [5.41, 5.74) is 6.32. The number of hydrogen-bond donors (Lipinski definition) is 4. The molecular weight excluding hydrogens is 494 g/mol. The number of methoxy groups -OCH3 is 2. The van der Waals surface area contributed by atoms with E-state index in [1.807, 2.05) is 54.6 Å². The summed E-state index contributed by atoms with van der Waals surface area (Å²) in [5, 5.41) is 16.2. The van der Waals surface area contributed by atoms with E-state index in [0.717, 1.165) is 39.5 Å². The Hall–Kier alpha value is -4.79. The second-order valence-corrected chi connectivity index (χ2v) is 8.97. The van der Waals surface area contributed by atoms with Crippen LogP contribution in [0.15, 0.2) is 66.7 Å². The summed E-state index contributed by atoms with van der Waals surface area (Å²) in [6.45, 7) is 0. The average Bonchev–Trinajstić information content (AvgIpc) is 3.42. The van der Waals surface area contributed by atoms with E-state index in [2.05, 4.69) is 32.2 Å². The van der Waals surface area contributed by atoms with E-state index in [0.29, 0.717) is 36.2 Å². The van der Waals surface area contributed by atoms with Crippen molar-refractivity contribution in [1.29, 1.82) is 0 Å². The SMILES string of the molecule is CNc1ccccc1C(=O)Nc1cc(CCc2cc(Cc3cccc(NC)c3C(=O)OC)cc(OC)c2)n[nH]1. The van der Waals surface area contributed by atoms with Crippen molar-refractivity contribution in [2.24, 2.45) is 0 Å². The van der Waals surface area contributed by atoms with Crippen molar-refractivity contribution in [3.8, 4) is 5.75 Å². The Balaban J connectivity index is 1.47. The fourth-order valence-electron chi connectivity index (χ4n) is 4.53. The van der Waals surface area contributed by atoms with E-state index in [4.69, 9.17) is 9.47 Å². The van der Waals surface area contributed by atoms with E-state index < -0.39 is 0 Å². The van der Waals surface area contributed by atoms with Crippen LogP contribution in [0.3, 0.4) is 0 Å². The number of aryl methyl sites for hydroxylation is 2. The molecular formula is C30H33N5O4. The quantitative estimate of drug-likeness (QED) is 0.205. The summed E-state index contributed by atoms with van der Waals surface area (Å²) in [5.74, 6) is 0.673. The second-order valence-electron chi connectivity index (χ2n) is 8.97. The zero-order valence-corrected chi connectivity index (χ0v) is 22.6. The summed E-state index contributed by atoms with van der Waals surface area (Å²) < 4.78 is 10.6. The maximum Gasteiger partial charge on any atom is 0.340 e. The number of anilines is 3. The first kappa shape index (κ1) is 27.3. The Morgan fingerprint density at radius 2 is 1.62 bits per heavy atom. The number of H-pyrrole nitrogens is 1. The Morgan fingerprint density at radius 3 is 2.36 bits per heavy atom. The van der Waals surface area contributed by atoms with Gasteiger partial charge in [-0.3, -0.25) is 9.89 Å². The van der Waals surface area contributed by atoms with Crippen LogP contribution >= 0.6 is 0 Å². The zero-order valence-electron chi connectivity index (χ0n) is 22.6. The van der Waals surface area contributed by atoms with Crippen molar-refractivity contribution >= 4 is 29.1 Å². The van der Waals surface area contributed by atoms with Gasteiger partial charge in [0, 0.05) is 31.5 Å². The van der Waals surface area contributed by atoms with Crippen LogP contribution in [0.4, 0.5) is 17.2 Å². The van der Waals surface area contributed by atoms with Crippen LogP contribution in [0.2, 0.25) is 0 Å². The van der Waals surface area contributed by atoms with Gasteiger partial charge in [-0.15, -0.1) is 0 Å². The smallest absolute Gasteiger partial charge is 0.340 e. The first-order valence-corrected chi connectivity index (χ1v) is 12.6. The number of benzene rings is 3. The molecule has 0 atom stereocenters. The summed E-state index contributed by atoms with van der Waals surface area (Å²) in [6, 6.07) is 20.9. The molecule has 0 aliphatic carbocycles. The molecule has 9 nitrogen and oxygen atoms in total. The van der Waals surface area contributed by atoms with Crippen molar-refractivity contribution < 1.29 is 19.1 Å². The van der Waals surface area contributed by atoms with Crippen molar-refractivity contribution in [2.45, 2.75) is 19.3 Å². The van der Waals surface area contributed by atoms with E-state index in [1.165, 1.54) is 7.11 Å². The van der Waals surface area contributed by atoms with Crippen molar-refractivity contribution in [1.82, 2.24) is 10.2 Å². The lowest BCUT2D eigenvalue weighted by molar-refractivity contribution is 0.0600. The molecule has 3 aromatic carbocycles. The van der Waals surface area contributed by atoms with E-state index in [1.54, 1.807) is 27.3 Å². The normalized spacial score (nSPS) is 10.6. The predicted molar refractivity (Wildman–Crippen MR) is 153 cm³/mol. The second kappa shape index (κ2) is 12.6. The van der Waals surface area contributed by atoms with Crippen LogP contribution in [0.5, 0.6) is 5.75 Å². The maximum atomic E-state index is 12.7. The first-order chi connectivity index (χ1) is 18.9. The highest BCUT2D eigenvalue weighted by Crippen LogP contribution is 2.26. The number of ether oxygens (including phenoxy) is 2. The van der Waals surface area contributed by atoms with Gasteiger partial charge in [-0.25, -0.2) is 4.79 Å². The van der Waals surface area contributed by atoms with Crippen LogP contribution < -0.4 is 20.7 Å². The van der Waals surface area contributed by atoms with Gasteiger partial charge in [-0.2, -0.15) is 5.10 Å². The summed E-state index contributed by atoms with van der Waals surface area (Å²) in [7, 11) is 6.58. The predicted octanol–water partition coefficient (Wildman–Crippen LogP) is 4.92. The van der Waals surface area contributed by atoms with Gasteiger partial charge >= 0.3 is 5.97 Å². The number of rotatable bonds is 11. The molecule has 1 amide bonds. The lowest BCUT2D eigenvalue weighted by Gasteiger charge is -2.14. The highest BCUT2D eigenvalue weighted by Gasteiger charge is 2.17. The number of carbonyl (C=O) groups is 2. The topological polar surface area (TPSA) is 117 Å². The monoisotopic (exact) mass is 527 g/mol. The molecule has 0 aliphatic rings. The number of amides is 1. The summed E-state index contributed by atoms with van der Waals surface area (Å²) >= 11 is 0. The zero-order chi connectivity index (χ0) is 27.8. The molecule has 0 saturated carbocycles. The third kappa shape index (κ3) is 6.56. The number of nitrogens with zero attached hydrogens (tertiary/aromatic N) is 1. The largest absolute Gasteiger partial charge is 0.497 e. The van der Waals surface area contributed by atoms with E-state index in [9.17, 15) is 9.59 Å². The van der Waals surface area contributed by atoms with Crippen LogP contribution in [0, 0.1) is 0 Å². The Labute approximate surface area is 227 Å². The van der Waals surface area contributed by atoms with Gasteiger partial charge < -0.3 is 25.4 Å². The lowest BCUT2D eigenvalue weighted by Crippen LogP contribution is -2.14. The molecule has 4 rings (SSSR count). The fourth-order valence-corrected chi connectivity index (χ4v) is 4.53. The number of nitrogens with one attached hydrogen (secondary N) is 4. The van der Waals surface area contributed by atoms with Crippen LogP contribution in [0.25, 0.3) is 0 Å².